The molecule has 3 atom stereocenters. The number of hydrogen-bond donors (Lipinski definition) is 2. The highest BCUT2D eigenvalue weighted by atomic mass is 16.4. The number of carboxylic acids is 1. The van der Waals surface area contributed by atoms with E-state index in [4.69, 9.17) is 0 Å². The van der Waals surface area contributed by atoms with Gasteiger partial charge in [-0.2, -0.15) is 0 Å². The van der Waals surface area contributed by atoms with Crippen LogP contribution in [-0.2, 0) is 4.79 Å². The van der Waals surface area contributed by atoms with Gasteiger partial charge in [-0.25, -0.2) is 9.59 Å². The van der Waals surface area contributed by atoms with E-state index in [2.05, 4.69) is 5.32 Å². The maximum absolute atomic E-state index is 12.5. The molecule has 1 aliphatic carbocycles. The fraction of sp³-hybridized carbons (Fsp3) is 0.875. The third-order valence-corrected chi connectivity index (χ3v) is 4.81. The second-order valence-electron chi connectivity index (χ2n) is 6.92. The van der Waals surface area contributed by atoms with Crippen molar-refractivity contribution in [3.63, 3.8) is 0 Å². The summed E-state index contributed by atoms with van der Waals surface area (Å²) in [5.41, 5.74) is 0. The topological polar surface area (TPSA) is 69.6 Å². The molecule has 5 nitrogen and oxygen atoms in total. The number of hydrogen-bond acceptors (Lipinski definition) is 2. The van der Waals surface area contributed by atoms with Crippen LogP contribution < -0.4 is 5.32 Å². The molecule has 0 aromatic carbocycles. The largest absolute Gasteiger partial charge is 0.480 e. The number of amides is 2. The first-order chi connectivity index (χ1) is 9.99. The van der Waals surface area contributed by atoms with Crippen LogP contribution in [0, 0.1) is 11.8 Å². The van der Waals surface area contributed by atoms with Gasteiger partial charge in [-0.15, -0.1) is 0 Å². The first kappa shape index (κ1) is 16.1. The van der Waals surface area contributed by atoms with Crippen LogP contribution in [0.25, 0.3) is 0 Å². The fourth-order valence-corrected chi connectivity index (χ4v) is 3.80. The molecule has 0 aromatic rings. The van der Waals surface area contributed by atoms with Crippen molar-refractivity contribution in [3.8, 4) is 0 Å². The number of nitrogens with zero attached hydrogens (tertiary/aromatic N) is 1. The van der Waals surface area contributed by atoms with Crippen LogP contribution in [0.1, 0.15) is 58.8 Å². The van der Waals surface area contributed by atoms with Crippen LogP contribution in [0.4, 0.5) is 4.79 Å². The molecule has 2 fully saturated rings. The zero-order valence-electron chi connectivity index (χ0n) is 13.2. The Morgan fingerprint density at radius 1 is 1.19 bits per heavy atom. The van der Waals surface area contributed by atoms with Crippen LogP contribution in [0.3, 0.4) is 0 Å². The number of carboxylic acid groups (broad SMARTS) is 1. The Bertz CT molecular complexity index is 382. The van der Waals surface area contributed by atoms with Crippen molar-refractivity contribution >= 4 is 12.0 Å². The van der Waals surface area contributed by atoms with Gasteiger partial charge in [-0.05, 0) is 43.9 Å². The first-order valence-electron chi connectivity index (χ1n) is 8.29. The van der Waals surface area contributed by atoms with Crippen LogP contribution >= 0.6 is 0 Å². The molecule has 0 spiro atoms. The van der Waals surface area contributed by atoms with E-state index < -0.39 is 12.0 Å². The van der Waals surface area contributed by atoms with Crippen molar-refractivity contribution in [2.24, 2.45) is 11.8 Å². The molecule has 1 unspecified atom stereocenters. The molecule has 21 heavy (non-hydrogen) atoms. The van der Waals surface area contributed by atoms with Crippen molar-refractivity contribution in [2.45, 2.75) is 70.9 Å². The number of piperidine rings is 1. The molecular weight excluding hydrogens is 268 g/mol. The number of urea groups is 1. The lowest BCUT2D eigenvalue weighted by molar-refractivity contribution is -0.139. The molecule has 2 N–H and O–H groups in total. The lowest BCUT2D eigenvalue weighted by atomic mass is 9.78. The highest BCUT2D eigenvalue weighted by Gasteiger charge is 2.36. The van der Waals surface area contributed by atoms with Crippen molar-refractivity contribution in [3.05, 3.63) is 0 Å². The van der Waals surface area contributed by atoms with Gasteiger partial charge in [0.1, 0.15) is 6.04 Å². The average Bonchev–Trinajstić information content (AvgIpc) is 2.45. The summed E-state index contributed by atoms with van der Waals surface area (Å²) in [5, 5.41) is 12.0. The Morgan fingerprint density at radius 3 is 2.52 bits per heavy atom. The SMILES string of the molecule is CC(C)CC(NC(=O)N1CCC[C@H]2CCCC[C@H]21)C(=O)O. The first-order valence-corrected chi connectivity index (χ1v) is 8.29. The predicted molar refractivity (Wildman–Crippen MR) is 81.1 cm³/mol. The summed E-state index contributed by atoms with van der Waals surface area (Å²) in [7, 11) is 0. The van der Waals surface area contributed by atoms with Gasteiger partial charge in [0.15, 0.2) is 0 Å². The monoisotopic (exact) mass is 296 g/mol. The molecule has 0 bridgehead atoms. The van der Waals surface area contributed by atoms with E-state index in [1.54, 1.807) is 0 Å². The van der Waals surface area contributed by atoms with Crippen molar-refractivity contribution in [1.82, 2.24) is 10.2 Å². The van der Waals surface area contributed by atoms with E-state index >= 15 is 0 Å². The van der Waals surface area contributed by atoms with E-state index in [-0.39, 0.29) is 11.9 Å². The van der Waals surface area contributed by atoms with Gasteiger partial charge >= 0.3 is 12.0 Å². The molecule has 1 saturated heterocycles. The van der Waals surface area contributed by atoms with Gasteiger partial charge in [0, 0.05) is 12.6 Å². The van der Waals surface area contributed by atoms with Crippen molar-refractivity contribution < 1.29 is 14.7 Å². The Morgan fingerprint density at radius 2 is 1.86 bits per heavy atom. The van der Waals surface area contributed by atoms with E-state index in [0.717, 1.165) is 19.4 Å². The smallest absolute Gasteiger partial charge is 0.326 e. The lowest BCUT2D eigenvalue weighted by Gasteiger charge is -2.44. The average molecular weight is 296 g/mol. The number of aliphatic carboxylic acids is 1. The van der Waals surface area contributed by atoms with E-state index in [9.17, 15) is 14.7 Å². The van der Waals surface area contributed by atoms with Gasteiger partial charge in [0.2, 0.25) is 0 Å². The highest BCUT2D eigenvalue weighted by Crippen LogP contribution is 2.35. The van der Waals surface area contributed by atoms with E-state index in [0.29, 0.717) is 18.4 Å². The summed E-state index contributed by atoms with van der Waals surface area (Å²) in [6.45, 7) is 4.71. The van der Waals surface area contributed by atoms with Crippen LogP contribution in [0.2, 0.25) is 0 Å². The van der Waals surface area contributed by atoms with Crippen LogP contribution in [0.5, 0.6) is 0 Å². The Kier molecular flexibility index (Phi) is 5.48. The molecule has 0 aromatic heterocycles. The third kappa shape index (κ3) is 4.11. The molecule has 1 aliphatic heterocycles. The molecule has 2 rings (SSSR count). The number of likely N-dealkylation sites (tertiary alicyclic amines) is 1. The minimum Gasteiger partial charge on any atom is -0.480 e. The minimum atomic E-state index is -0.936. The lowest BCUT2D eigenvalue weighted by Crippen LogP contribution is -2.56. The fourth-order valence-electron chi connectivity index (χ4n) is 3.80. The Balaban J connectivity index is 1.98. The van der Waals surface area contributed by atoms with E-state index in [1.807, 2.05) is 18.7 Å². The Hall–Kier alpha value is -1.26. The molecule has 1 saturated carbocycles. The summed E-state index contributed by atoms with van der Waals surface area (Å²) in [6.07, 6.45) is 7.45. The summed E-state index contributed by atoms with van der Waals surface area (Å²) in [5.74, 6) is -0.0731. The summed E-state index contributed by atoms with van der Waals surface area (Å²) >= 11 is 0. The molecule has 1 heterocycles. The van der Waals surface area contributed by atoms with Gasteiger partial charge < -0.3 is 15.3 Å². The zero-order chi connectivity index (χ0) is 15.4. The van der Waals surface area contributed by atoms with Crippen molar-refractivity contribution in [1.29, 1.82) is 0 Å². The Labute approximate surface area is 127 Å². The second-order valence-corrected chi connectivity index (χ2v) is 6.92. The maximum atomic E-state index is 12.5. The molecule has 2 aliphatic rings. The van der Waals surface area contributed by atoms with Gasteiger partial charge in [-0.3, -0.25) is 0 Å². The molecule has 120 valence electrons. The maximum Gasteiger partial charge on any atom is 0.326 e. The molecule has 5 heteroatoms. The quantitative estimate of drug-likeness (QED) is 0.838. The van der Waals surface area contributed by atoms with E-state index in [1.165, 1.54) is 25.7 Å². The number of nitrogens with one attached hydrogen (secondary N) is 1. The minimum absolute atomic E-state index is 0.181. The number of rotatable bonds is 4. The summed E-state index contributed by atoms with van der Waals surface area (Å²) < 4.78 is 0. The number of fused-ring (bicyclic) bond motifs is 1. The number of carbonyl (C=O) groups is 2. The highest BCUT2D eigenvalue weighted by molar-refractivity contribution is 5.82. The molecule has 2 amide bonds. The van der Waals surface area contributed by atoms with Crippen LogP contribution in [-0.4, -0.2) is 40.6 Å². The van der Waals surface area contributed by atoms with Gasteiger partial charge in [-0.1, -0.05) is 26.7 Å². The predicted octanol–water partition coefficient (Wildman–Crippen LogP) is 2.85. The van der Waals surface area contributed by atoms with Crippen molar-refractivity contribution in [2.75, 3.05) is 6.54 Å². The zero-order valence-corrected chi connectivity index (χ0v) is 13.2. The summed E-state index contributed by atoms with van der Waals surface area (Å²) in [6, 6.07) is -0.637. The standard InChI is InChI=1S/C16H28N2O3/c1-11(2)10-13(15(19)20)17-16(21)18-9-5-7-12-6-3-4-8-14(12)18/h11-14H,3-10H2,1-2H3,(H,17,21)(H,19,20)/t12-,13?,14-/m1/s1. The summed E-state index contributed by atoms with van der Waals surface area (Å²) in [4.78, 5) is 25.7. The molecular formula is C16H28N2O3. The number of carbonyl (C=O) groups excluding carboxylic acids is 1. The second kappa shape index (κ2) is 7.14. The normalized spacial score (nSPS) is 27.1. The van der Waals surface area contributed by atoms with Crippen LogP contribution in [0.15, 0.2) is 0 Å². The molecule has 0 radical (unpaired) electrons. The third-order valence-electron chi connectivity index (χ3n) is 4.81. The van der Waals surface area contributed by atoms with Gasteiger partial charge in [0.05, 0.1) is 0 Å². The van der Waals surface area contributed by atoms with Gasteiger partial charge in [0.25, 0.3) is 0 Å².